The number of esters is 1. The fourth-order valence-electron chi connectivity index (χ4n) is 12.5. The molecular formula is C44H51N6O9Pr-. The van der Waals surface area contributed by atoms with Gasteiger partial charge in [-0.2, -0.15) is 0 Å². The van der Waals surface area contributed by atoms with E-state index in [1.807, 2.05) is 6.08 Å². The number of carbonyl (C=O) groups excluding carboxylic acids is 6. The van der Waals surface area contributed by atoms with Crippen LogP contribution in [-0.2, 0) is 46.5 Å². The van der Waals surface area contributed by atoms with Gasteiger partial charge in [-0.15, -0.1) is 5.10 Å². The summed E-state index contributed by atoms with van der Waals surface area (Å²) in [5, 5.41) is 12.9. The number of nitrogens with one attached hydrogen (secondary N) is 2. The summed E-state index contributed by atoms with van der Waals surface area (Å²) in [5.41, 5.74) is 0.384. The van der Waals surface area contributed by atoms with Gasteiger partial charge >= 0.3 is 5.97 Å². The number of ether oxygens (including phenoxy) is 3. The predicted octanol–water partition coefficient (Wildman–Crippen LogP) is 4.48. The molecule has 5 amide bonds. The van der Waals surface area contributed by atoms with Crippen LogP contribution in [0.3, 0.4) is 0 Å². The monoisotopic (exact) mass is 948 g/mol. The first-order valence-electron chi connectivity index (χ1n) is 20.9. The molecule has 60 heavy (non-hydrogen) atoms. The zero-order valence-electron chi connectivity index (χ0n) is 34.2. The molecule has 2 bridgehead atoms. The summed E-state index contributed by atoms with van der Waals surface area (Å²) in [5.74, 6) is -1.78. The molecule has 2 aromatic rings. The van der Waals surface area contributed by atoms with Crippen molar-refractivity contribution < 1.29 is 84.3 Å². The van der Waals surface area contributed by atoms with E-state index < -0.39 is 47.1 Å². The second-order valence-corrected chi connectivity index (χ2v) is 18.2. The number of rotatable bonds is 11. The van der Waals surface area contributed by atoms with Crippen molar-refractivity contribution in [2.24, 2.45) is 34.0 Å². The van der Waals surface area contributed by atoms with E-state index in [1.165, 1.54) is 54.8 Å². The molecule has 9 atom stereocenters. The Morgan fingerprint density at radius 2 is 1.88 bits per heavy atom. The van der Waals surface area contributed by atoms with E-state index in [2.05, 4.69) is 59.9 Å². The molecule has 16 heteroatoms. The van der Waals surface area contributed by atoms with Gasteiger partial charge in [-0.3, -0.25) is 34.2 Å². The summed E-state index contributed by atoms with van der Waals surface area (Å²) in [6.45, 7) is 9.02. The van der Waals surface area contributed by atoms with Gasteiger partial charge in [0.25, 0.3) is 11.8 Å². The standard InChI is InChI=1S/C44H51N6O9.Pr/c1-4-5-7-26-10-12-32-41(26,2)16-15-33-42(3)17-14-28(20-44(42)19-18-43(32,33)25-58-44)59-36(53)24-57-23-27-21-49(48-47-27)22-35(52)45-30-9-6-8-29-37(30)40(56)50(39(29)55)31-11-13-34(51)46-38(31)54;/h4-6,8-9,18-19,21,26,28,31-33H,1,7,10-17,20,22-25H2,2-3H3,(H,45,52)(H,46,51,54);/q-1;/b5-4+;/t26?,28?,31?,32?,33?,41?,42?,43-,44+;/m0./s1. The minimum absolute atomic E-state index is 0. The number of amides is 5. The Morgan fingerprint density at radius 3 is 2.65 bits per heavy atom. The van der Waals surface area contributed by atoms with Crippen LogP contribution < -0.4 is 10.6 Å². The summed E-state index contributed by atoms with van der Waals surface area (Å²) >= 11 is 0. The van der Waals surface area contributed by atoms with Gasteiger partial charge in [0.05, 0.1) is 41.8 Å². The minimum atomic E-state index is -1.13. The largest absolute Gasteiger partial charge is 0.461 e. The topological polar surface area (TPSA) is 188 Å². The number of hydrogen-bond acceptors (Lipinski definition) is 11. The molecule has 2 spiro atoms. The van der Waals surface area contributed by atoms with Crippen molar-refractivity contribution in [3.05, 3.63) is 72.4 Å². The van der Waals surface area contributed by atoms with E-state index in [0.717, 1.165) is 30.8 Å². The Labute approximate surface area is 382 Å². The number of aromatic nitrogens is 3. The van der Waals surface area contributed by atoms with Crippen LogP contribution in [0.15, 0.2) is 48.7 Å². The van der Waals surface area contributed by atoms with Crippen LogP contribution in [-0.4, -0.2) is 86.4 Å². The minimum Gasteiger partial charge on any atom is -0.461 e. The number of fused-ring (bicyclic) bond motifs is 3. The molecule has 8 aliphatic rings. The number of piperidine rings is 1. The summed E-state index contributed by atoms with van der Waals surface area (Å²) in [6.07, 6.45) is 18.6. The third-order valence-electron chi connectivity index (χ3n) is 15.3. The van der Waals surface area contributed by atoms with Crippen LogP contribution in [0, 0.1) is 82.2 Å². The van der Waals surface area contributed by atoms with Gasteiger partial charge in [-0.1, -0.05) is 50.1 Å². The van der Waals surface area contributed by atoms with Gasteiger partial charge in [-0.25, -0.2) is 28.6 Å². The van der Waals surface area contributed by atoms with E-state index in [4.69, 9.17) is 14.2 Å². The molecular weight excluding hydrogens is 897 g/mol. The summed E-state index contributed by atoms with van der Waals surface area (Å²) in [7, 11) is 0. The van der Waals surface area contributed by atoms with Crippen LogP contribution >= 0.6 is 0 Å². The van der Waals surface area contributed by atoms with E-state index in [1.54, 1.807) is 0 Å². The zero-order chi connectivity index (χ0) is 41.3. The van der Waals surface area contributed by atoms with Crippen molar-refractivity contribution in [1.82, 2.24) is 25.2 Å². The van der Waals surface area contributed by atoms with Crippen molar-refractivity contribution in [1.29, 1.82) is 0 Å². The third kappa shape index (κ3) is 6.90. The number of benzene rings is 1. The molecule has 4 aliphatic heterocycles. The molecule has 5 heterocycles. The third-order valence-corrected chi connectivity index (χ3v) is 15.3. The molecule has 2 saturated heterocycles. The molecule has 10 rings (SSSR count). The van der Waals surface area contributed by atoms with Crippen molar-refractivity contribution in [3.8, 4) is 0 Å². The Balaban J connectivity index is 0.00000499. The van der Waals surface area contributed by atoms with Crippen molar-refractivity contribution >= 4 is 41.2 Å². The zero-order valence-corrected chi connectivity index (χ0v) is 37.9. The van der Waals surface area contributed by atoms with E-state index in [-0.39, 0.29) is 108 Å². The quantitative estimate of drug-likeness (QED) is 0.140. The van der Waals surface area contributed by atoms with Gasteiger partial charge < -0.3 is 19.5 Å². The molecule has 4 aliphatic carbocycles. The Morgan fingerprint density at radius 1 is 1.05 bits per heavy atom. The average Bonchev–Trinajstić information content (AvgIpc) is 3.87. The average molecular weight is 949 g/mol. The van der Waals surface area contributed by atoms with Gasteiger partial charge in [0, 0.05) is 65.0 Å². The number of anilines is 1. The second kappa shape index (κ2) is 16.2. The van der Waals surface area contributed by atoms with Crippen molar-refractivity contribution in [3.63, 3.8) is 0 Å². The van der Waals surface area contributed by atoms with Gasteiger partial charge in [0.15, 0.2) is 0 Å². The first kappa shape index (κ1) is 42.9. The Bertz CT molecular complexity index is 2190. The molecule has 7 unspecified atom stereocenters. The first-order chi connectivity index (χ1) is 28.3. The van der Waals surface area contributed by atoms with E-state index in [0.29, 0.717) is 35.3 Å². The van der Waals surface area contributed by atoms with Crippen LogP contribution in [0.4, 0.5) is 5.69 Å². The number of hydrogen-bond donors (Lipinski definition) is 2. The molecule has 2 N–H and O–H groups in total. The van der Waals surface area contributed by atoms with Gasteiger partial charge in [0.1, 0.15) is 31.0 Å². The van der Waals surface area contributed by atoms with E-state index >= 15 is 0 Å². The molecule has 3 saturated carbocycles. The molecule has 1 aromatic heterocycles. The molecule has 5 fully saturated rings. The fourth-order valence-corrected chi connectivity index (χ4v) is 12.5. The Kier molecular flexibility index (Phi) is 11.5. The first-order valence-corrected chi connectivity index (χ1v) is 20.9. The maximum atomic E-state index is 13.4. The van der Waals surface area contributed by atoms with Crippen LogP contribution in [0.25, 0.3) is 0 Å². The number of allylic oxidation sites excluding steroid dienone is 2. The molecule has 1 radical (unpaired) electrons. The van der Waals surface area contributed by atoms with Crippen LogP contribution in [0.1, 0.15) is 104 Å². The maximum absolute atomic E-state index is 13.4. The predicted molar refractivity (Wildman–Crippen MR) is 210 cm³/mol. The number of imide groups is 2. The Hall–Kier alpha value is -3.79. The van der Waals surface area contributed by atoms with Gasteiger partial charge in [-0.05, 0) is 73.8 Å². The molecule has 15 nitrogen and oxygen atoms in total. The van der Waals surface area contributed by atoms with E-state index in [9.17, 15) is 28.8 Å². The molecule has 315 valence electrons. The number of carbonyl (C=O) groups is 6. The van der Waals surface area contributed by atoms with Crippen molar-refractivity contribution in [2.45, 2.75) is 109 Å². The molecule has 1 aromatic carbocycles. The SMILES string of the molecule is [CH2-]/C=C/CC1CCC2C1(C)CCC1C3(C)CCC(OC(=O)COCc4cn(CC(=O)Nc5cccc6c5C(=O)N(C5CCC(=O)NC5=O)C6=O)nn4)C[C@]34C=C[C@]21CO4.[Pr]. The van der Waals surface area contributed by atoms with Crippen LogP contribution in [0.2, 0.25) is 0 Å². The summed E-state index contributed by atoms with van der Waals surface area (Å²) in [6, 6.07) is 3.33. The van der Waals surface area contributed by atoms with Crippen molar-refractivity contribution in [2.75, 3.05) is 18.5 Å². The fraction of sp³-hybridized carbons (Fsp3) is 0.568. The summed E-state index contributed by atoms with van der Waals surface area (Å²) < 4.78 is 19.9. The maximum Gasteiger partial charge on any atom is 0.332 e. The second-order valence-electron chi connectivity index (χ2n) is 18.2. The normalized spacial score (nSPS) is 35.0. The number of nitrogens with zero attached hydrogens (tertiary/aromatic N) is 4. The van der Waals surface area contributed by atoms with Crippen LogP contribution in [0.5, 0.6) is 0 Å². The summed E-state index contributed by atoms with van der Waals surface area (Å²) in [4.78, 5) is 77.5. The van der Waals surface area contributed by atoms with Gasteiger partial charge in [0.2, 0.25) is 17.7 Å². The smallest absolute Gasteiger partial charge is 0.332 e.